The van der Waals surface area contributed by atoms with Crippen molar-refractivity contribution in [1.82, 2.24) is 20.2 Å². The molecule has 0 saturated heterocycles. The molecule has 0 radical (unpaired) electrons. The molecular formula is C21H27Cl2N5OS. The Morgan fingerprint density at radius 3 is 2.63 bits per heavy atom. The molecule has 1 aromatic heterocycles. The van der Waals surface area contributed by atoms with E-state index < -0.39 is 0 Å². The highest BCUT2D eigenvalue weighted by Crippen LogP contribution is 2.46. The molecule has 1 amide bonds. The molecule has 2 saturated carbocycles. The predicted octanol–water partition coefficient (Wildman–Crippen LogP) is 4.78. The van der Waals surface area contributed by atoms with Crippen LogP contribution in [0.2, 0.25) is 10.0 Å². The van der Waals surface area contributed by atoms with E-state index in [0.717, 1.165) is 30.6 Å². The summed E-state index contributed by atoms with van der Waals surface area (Å²) in [6, 6.07) is 5.11. The van der Waals surface area contributed by atoms with E-state index in [0.29, 0.717) is 26.6 Å². The van der Waals surface area contributed by atoms with Crippen molar-refractivity contribution >= 4 is 40.9 Å². The average Bonchev–Trinajstić information content (AvgIpc) is 2.99. The molecule has 9 heteroatoms. The van der Waals surface area contributed by atoms with Crippen molar-refractivity contribution in [2.24, 2.45) is 17.8 Å². The molecule has 2 atom stereocenters. The minimum Gasteiger partial charge on any atom is -0.350 e. The van der Waals surface area contributed by atoms with Gasteiger partial charge in [0.1, 0.15) is 0 Å². The number of nitrogens with one attached hydrogen (secondary N) is 1. The Bertz CT molecular complexity index is 931. The summed E-state index contributed by atoms with van der Waals surface area (Å²) in [5, 5.41) is 13.0. The summed E-state index contributed by atoms with van der Waals surface area (Å²) in [5.41, 5.74) is 0.520. The highest BCUT2D eigenvalue weighted by atomic mass is 35.5. The molecule has 4 rings (SSSR count). The summed E-state index contributed by atoms with van der Waals surface area (Å²) in [5.74, 6) is 9.10. The fourth-order valence-electron chi connectivity index (χ4n) is 5.42. The molecule has 30 heavy (non-hydrogen) atoms. The summed E-state index contributed by atoms with van der Waals surface area (Å²) < 4.78 is 1.36. The van der Waals surface area contributed by atoms with Gasteiger partial charge in [0.2, 0.25) is 11.1 Å². The van der Waals surface area contributed by atoms with E-state index in [4.69, 9.17) is 29.0 Å². The number of benzene rings is 1. The second kappa shape index (κ2) is 8.60. The van der Waals surface area contributed by atoms with Crippen LogP contribution >= 0.6 is 35.0 Å². The normalized spacial score (nSPS) is 28.3. The molecule has 2 aliphatic carbocycles. The number of hydrogen-bond acceptors (Lipinski definition) is 5. The summed E-state index contributed by atoms with van der Waals surface area (Å²) in [6.07, 6.45) is 6.01. The van der Waals surface area contributed by atoms with Gasteiger partial charge in [0.15, 0.2) is 5.82 Å². The number of nitrogens with zero attached hydrogens (tertiary/aromatic N) is 3. The number of nitrogens with two attached hydrogens (primary N) is 1. The van der Waals surface area contributed by atoms with Gasteiger partial charge in [0, 0.05) is 16.1 Å². The standard InChI is InChI=1S/C21H27Cl2N5OS/c1-12-5-13-7-14(6-12)10-21(2,9-13)25-18(29)11-30-20-27-26-19(28(20)24)16-4-3-15(22)8-17(16)23/h3-4,8,12-14H,5-7,9-11,24H2,1-2H3,(H,25,29). The smallest absolute Gasteiger partial charge is 0.230 e. The molecule has 162 valence electrons. The van der Waals surface area contributed by atoms with Crippen LogP contribution in [-0.4, -0.2) is 32.1 Å². The van der Waals surface area contributed by atoms with Crippen molar-refractivity contribution in [2.75, 3.05) is 11.6 Å². The van der Waals surface area contributed by atoms with Crippen LogP contribution in [0.25, 0.3) is 11.4 Å². The van der Waals surface area contributed by atoms with Gasteiger partial charge in [0.25, 0.3) is 0 Å². The third-order valence-electron chi connectivity index (χ3n) is 6.23. The van der Waals surface area contributed by atoms with E-state index >= 15 is 0 Å². The molecule has 6 nitrogen and oxygen atoms in total. The third-order valence-corrected chi connectivity index (χ3v) is 7.72. The highest BCUT2D eigenvalue weighted by molar-refractivity contribution is 7.99. The van der Waals surface area contributed by atoms with Crippen LogP contribution in [-0.2, 0) is 4.79 Å². The first-order valence-corrected chi connectivity index (χ1v) is 12.1. The summed E-state index contributed by atoms with van der Waals surface area (Å²) in [6.45, 7) is 4.54. The number of nitrogen functional groups attached to an aromatic ring is 1. The van der Waals surface area contributed by atoms with E-state index in [1.165, 1.54) is 35.7 Å². The molecule has 1 aromatic carbocycles. The van der Waals surface area contributed by atoms with Crippen molar-refractivity contribution in [3.63, 3.8) is 0 Å². The number of carbonyl (C=O) groups is 1. The molecule has 3 N–H and O–H groups in total. The highest BCUT2D eigenvalue weighted by Gasteiger charge is 2.41. The summed E-state index contributed by atoms with van der Waals surface area (Å²) in [4.78, 5) is 12.7. The van der Waals surface area contributed by atoms with Gasteiger partial charge in [-0.3, -0.25) is 4.79 Å². The molecule has 2 aromatic rings. The zero-order valence-electron chi connectivity index (χ0n) is 17.2. The van der Waals surface area contributed by atoms with Crippen molar-refractivity contribution in [1.29, 1.82) is 0 Å². The quantitative estimate of drug-likeness (QED) is 0.487. The van der Waals surface area contributed by atoms with Gasteiger partial charge >= 0.3 is 0 Å². The maximum Gasteiger partial charge on any atom is 0.230 e. The van der Waals surface area contributed by atoms with Crippen LogP contribution in [0.1, 0.15) is 46.0 Å². The molecular weight excluding hydrogens is 441 g/mol. The molecule has 0 aliphatic heterocycles. The topological polar surface area (TPSA) is 85.8 Å². The van der Waals surface area contributed by atoms with Crippen molar-refractivity contribution in [3.05, 3.63) is 28.2 Å². The first kappa shape index (κ1) is 21.8. The molecule has 2 aliphatic rings. The van der Waals surface area contributed by atoms with E-state index in [-0.39, 0.29) is 17.2 Å². The predicted molar refractivity (Wildman–Crippen MR) is 122 cm³/mol. The summed E-state index contributed by atoms with van der Waals surface area (Å²) >= 11 is 13.5. The van der Waals surface area contributed by atoms with Gasteiger partial charge in [-0.05, 0) is 75.0 Å². The number of halogens is 2. The van der Waals surface area contributed by atoms with Crippen molar-refractivity contribution < 1.29 is 4.79 Å². The lowest BCUT2D eigenvalue weighted by atomic mass is 9.62. The molecule has 0 spiro atoms. The average molecular weight is 468 g/mol. The molecule has 2 unspecified atom stereocenters. The maximum absolute atomic E-state index is 12.7. The third kappa shape index (κ3) is 4.73. The van der Waals surface area contributed by atoms with Gasteiger partial charge in [-0.2, -0.15) is 0 Å². The van der Waals surface area contributed by atoms with Crippen LogP contribution in [0.3, 0.4) is 0 Å². The summed E-state index contributed by atoms with van der Waals surface area (Å²) in [7, 11) is 0. The second-order valence-corrected chi connectivity index (χ2v) is 10.9. The number of rotatable bonds is 5. The van der Waals surface area contributed by atoms with Gasteiger partial charge in [-0.15, -0.1) is 10.2 Å². The fourth-order valence-corrected chi connectivity index (χ4v) is 6.57. The maximum atomic E-state index is 12.7. The van der Waals surface area contributed by atoms with Crippen molar-refractivity contribution in [2.45, 2.75) is 56.6 Å². The van der Waals surface area contributed by atoms with Gasteiger partial charge in [-0.25, -0.2) is 4.68 Å². The van der Waals surface area contributed by atoms with Crippen LogP contribution in [0.5, 0.6) is 0 Å². The Morgan fingerprint density at radius 1 is 1.27 bits per heavy atom. The Balaban J connectivity index is 1.37. The minimum atomic E-state index is -0.121. The molecule has 1 heterocycles. The molecule has 2 bridgehead atoms. The van der Waals surface area contributed by atoms with Crippen LogP contribution < -0.4 is 11.2 Å². The lowest BCUT2D eigenvalue weighted by Gasteiger charge is -2.47. The monoisotopic (exact) mass is 467 g/mol. The number of fused-ring (bicyclic) bond motifs is 2. The Hall–Kier alpha value is -1.44. The lowest BCUT2D eigenvalue weighted by molar-refractivity contribution is -0.121. The largest absolute Gasteiger partial charge is 0.350 e. The number of carbonyl (C=O) groups excluding carboxylic acids is 1. The number of aromatic nitrogens is 3. The van der Waals surface area contributed by atoms with Crippen molar-refractivity contribution in [3.8, 4) is 11.4 Å². The Morgan fingerprint density at radius 2 is 1.97 bits per heavy atom. The van der Waals surface area contributed by atoms with E-state index in [9.17, 15) is 4.79 Å². The number of hydrogen-bond donors (Lipinski definition) is 2. The first-order valence-electron chi connectivity index (χ1n) is 10.3. The van der Waals surface area contributed by atoms with Gasteiger partial charge in [-0.1, -0.05) is 41.9 Å². The Kier molecular flexibility index (Phi) is 6.24. The zero-order valence-corrected chi connectivity index (χ0v) is 19.5. The Labute approximate surface area is 191 Å². The second-order valence-electron chi connectivity index (χ2n) is 9.15. The fraction of sp³-hybridized carbons (Fsp3) is 0.571. The number of thioether (sulfide) groups is 1. The van der Waals surface area contributed by atoms with Crippen LogP contribution in [0, 0.1) is 17.8 Å². The zero-order chi connectivity index (χ0) is 21.5. The first-order chi connectivity index (χ1) is 14.2. The van der Waals surface area contributed by atoms with Crippen LogP contribution in [0.4, 0.5) is 0 Å². The van der Waals surface area contributed by atoms with E-state index in [1.54, 1.807) is 18.2 Å². The van der Waals surface area contributed by atoms with Gasteiger partial charge in [0.05, 0.1) is 10.8 Å². The van der Waals surface area contributed by atoms with Crippen LogP contribution in [0.15, 0.2) is 23.4 Å². The number of amides is 1. The SMILES string of the molecule is CC1CC2CC(C1)CC(C)(NC(=O)CSc1nnc(-c3ccc(Cl)cc3Cl)n1N)C2. The minimum absolute atomic E-state index is 0.00426. The molecule has 2 fully saturated rings. The van der Waals surface area contributed by atoms with E-state index in [1.807, 2.05) is 0 Å². The van der Waals surface area contributed by atoms with Gasteiger partial charge < -0.3 is 11.2 Å². The lowest BCUT2D eigenvalue weighted by Crippen LogP contribution is -2.53. The van der Waals surface area contributed by atoms with E-state index in [2.05, 4.69) is 29.4 Å².